The van der Waals surface area contributed by atoms with Crippen molar-refractivity contribution in [1.82, 2.24) is 10.3 Å². The van der Waals surface area contributed by atoms with Gasteiger partial charge in [-0.1, -0.05) is 33.8 Å². The van der Waals surface area contributed by atoms with E-state index in [1.807, 2.05) is 12.3 Å². The third-order valence-electron chi connectivity index (χ3n) is 4.28. The maximum Gasteiger partial charge on any atom is 0.218 e. The van der Waals surface area contributed by atoms with Crippen molar-refractivity contribution in [3.8, 4) is 5.88 Å². The van der Waals surface area contributed by atoms with Crippen LogP contribution >= 0.6 is 0 Å². The minimum atomic E-state index is 0.330. The summed E-state index contributed by atoms with van der Waals surface area (Å²) in [5, 5.41) is 3.47. The summed E-state index contributed by atoms with van der Waals surface area (Å²) in [6, 6.07) is 4.10. The smallest absolute Gasteiger partial charge is 0.218 e. The van der Waals surface area contributed by atoms with Gasteiger partial charge < -0.3 is 10.1 Å². The molecule has 0 unspecified atom stereocenters. The van der Waals surface area contributed by atoms with Crippen LogP contribution in [0.25, 0.3) is 0 Å². The molecule has 0 aliphatic heterocycles. The van der Waals surface area contributed by atoms with E-state index >= 15 is 0 Å². The Hall–Kier alpha value is -1.09. The standard InChI is InChI=1S/C18H30N2O/c1-14(2)12-19-13-15-6-5-11-20-17(15)21-16-7-9-18(3,4)10-8-16/h5-6,11,14,16,19H,7-10,12-13H2,1-4H3. The molecular weight excluding hydrogens is 260 g/mol. The average molecular weight is 290 g/mol. The molecule has 3 nitrogen and oxygen atoms in total. The third kappa shape index (κ3) is 5.31. The number of aromatic nitrogens is 1. The lowest BCUT2D eigenvalue weighted by atomic mass is 9.76. The van der Waals surface area contributed by atoms with Crippen LogP contribution < -0.4 is 10.1 Å². The van der Waals surface area contributed by atoms with E-state index in [9.17, 15) is 0 Å². The summed E-state index contributed by atoms with van der Waals surface area (Å²) in [5.74, 6) is 1.48. The van der Waals surface area contributed by atoms with Crippen LogP contribution in [0.15, 0.2) is 18.3 Å². The van der Waals surface area contributed by atoms with Gasteiger partial charge in [0.25, 0.3) is 0 Å². The highest BCUT2D eigenvalue weighted by Crippen LogP contribution is 2.36. The zero-order valence-corrected chi connectivity index (χ0v) is 14.0. The normalized spacial score (nSPS) is 18.9. The van der Waals surface area contributed by atoms with Crippen molar-refractivity contribution >= 4 is 0 Å². The number of hydrogen-bond acceptors (Lipinski definition) is 3. The Kier molecular flexibility index (Phi) is 5.63. The summed E-state index contributed by atoms with van der Waals surface area (Å²) < 4.78 is 6.19. The quantitative estimate of drug-likeness (QED) is 0.853. The van der Waals surface area contributed by atoms with Crippen LogP contribution in [0.5, 0.6) is 5.88 Å². The maximum absolute atomic E-state index is 6.19. The zero-order valence-electron chi connectivity index (χ0n) is 14.0. The summed E-state index contributed by atoms with van der Waals surface area (Å²) in [6.07, 6.45) is 6.92. The fourth-order valence-corrected chi connectivity index (χ4v) is 2.81. The van der Waals surface area contributed by atoms with Gasteiger partial charge in [-0.2, -0.15) is 0 Å². The molecule has 1 aliphatic rings. The SMILES string of the molecule is CC(C)CNCc1cccnc1OC1CCC(C)(C)CC1. The topological polar surface area (TPSA) is 34.2 Å². The van der Waals surface area contributed by atoms with E-state index in [4.69, 9.17) is 4.74 Å². The summed E-state index contributed by atoms with van der Waals surface area (Å²) in [4.78, 5) is 4.44. The Morgan fingerprint density at radius 3 is 2.71 bits per heavy atom. The summed E-state index contributed by atoms with van der Waals surface area (Å²) in [6.45, 7) is 11.0. The lowest BCUT2D eigenvalue weighted by molar-refractivity contribution is 0.0938. The van der Waals surface area contributed by atoms with E-state index < -0.39 is 0 Å². The monoisotopic (exact) mass is 290 g/mol. The van der Waals surface area contributed by atoms with E-state index in [1.54, 1.807) is 0 Å². The zero-order chi connectivity index (χ0) is 15.3. The molecule has 118 valence electrons. The molecule has 21 heavy (non-hydrogen) atoms. The Morgan fingerprint density at radius 2 is 2.05 bits per heavy atom. The van der Waals surface area contributed by atoms with Gasteiger partial charge in [0.05, 0.1) is 0 Å². The van der Waals surface area contributed by atoms with Gasteiger partial charge in [0.15, 0.2) is 0 Å². The van der Waals surface area contributed by atoms with E-state index in [-0.39, 0.29) is 0 Å². The van der Waals surface area contributed by atoms with Crippen molar-refractivity contribution in [2.45, 2.75) is 66.0 Å². The summed E-state index contributed by atoms with van der Waals surface area (Å²) in [5.41, 5.74) is 1.65. The van der Waals surface area contributed by atoms with Crippen molar-refractivity contribution in [2.75, 3.05) is 6.54 Å². The molecule has 0 radical (unpaired) electrons. The fourth-order valence-electron chi connectivity index (χ4n) is 2.81. The number of nitrogens with one attached hydrogen (secondary N) is 1. The van der Waals surface area contributed by atoms with Gasteiger partial charge in [-0.15, -0.1) is 0 Å². The molecule has 0 amide bonds. The molecule has 0 aromatic carbocycles. The van der Waals surface area contributed by atoms with Crippen LogP contribution in [0.1, 0.15) is 58.9 Å². The molecule has 1 aliphatic carbocycles. The molecule has 1 aromatic heterocycles. The Bertz CT molecular complexity index is 433. The molecule has 3 heteroatoms. The van der Waals surface area contributed by atoms with Gasteiger partial charge in [-0.3, -0.25) is 0 Å². The molecule has 1 heterocycles. The van der Waals surface area contributed by atoms with Crippen molar-refractivity contribution in [1.29, 1.82) is 0 Å². The van der Waals surface area contributed by atoms with Gasteiger partial charge in [0, 0.05) is 18.3 Å². The first-order valence-corrected chi connectivity index (χ1v) is 8.27. The van der Waals surface area contributed by atoms with Crippen LogP contribution in [-0.4, -0.2) is 17.6 Å². The molecule has 0 bridgehead atoms. The number of pyridine rings is 1. The Labute approximate surface area is 129 Å². The predicted molar refractivity (Wildman–Crippen MR) is 87.4 cm³/mol. The number of hydrogen-bond donors (Lipinski definition) is 1. The Balaban J connectivity index is 1.91. The number of rotatable bonds is 6. The highest BCUT2D eigenvalue weighted by Gasteiger charge is 2.28. The minimum absolute atomic E-state index is 0.330. The maximum atomic E-state index is 6.19. The van der Waals surface area contributed by atoms with Crippen LogP contribution in [0.3, 0.4) is 0 Å². The highest BCUT2D eigenvalue weighted by atomic mass is 16.5. The average Bonchev–Trinajstić information content (AvgIpc) is 2.42. The van der Waals surface area contributed by atoms with Crippen LogP contribution in [0.4, 0.5) is 0 Å². The molecule has 0 saturated heterocycles. The number of nitrogens with zero attached hydrogens (tertiary/aromatic N) is 1. The van der Waals surface area contributed by atoms with Crippen LogP contribution in [0.2, 0.25) is 0 Å². The molecule has 1 saturated carbocycles. The largest absolute Gasteiger partial charge is 0.474 e. The first-order valence-electron chi connectivity index (χ1n) is 8.27. The third-order valence-corrected chi connectivity index (χ3v) is 4.28. The lowest BCUT2D eigenvalue weighted by Crippen LogP contribution is -2.29. The molecule has 1 fully saturated rings. The number of ether oxygens (including phenoxy) is 1. The lowest BCUT2D eigenvalue weighted by Gasteiger charge is -2.34. The van der Waals surface area contributed by atoms with Crippen molar-refractivity contribution in [3.05, 3.63) is 23.9 Å². The van der Waals surface area contributed by atoms with Crippen molar-refractivity contribution < 1.29 is 4.74 Å². The second kappa shape index (κ2) is 7.26. The van der Waals surface area contributed by atoms with E-state index in [0.29, 0.717) is 17.4 Å². The Morgan fingerprint density at radius 1 is 1.33 bits per heavy atom. The van der Waals surface area contributed by atoms with E-state index in [2.05, 4.69) is 44.1 Å². The molecule has 0 atom stereocenters. The molecule has 1 aromatic rings. The van der Waals surface area contributed by atoms with Crippen molar-refractivity contribution in [2.24, 2.45) is 11.3 Å². The predicted octanol–water partition coefficient (Wildman–Crippen LogP) is 4.17. The van der Waals surface area contributed by atoms with Crippen LogP contribution in [0, 0.1) is 11.3 Å². The van der Waals surface area contributed by atoms with Gasteiger partial charge in [-0.25, -0.2) is 4.98 Å². The summed E-state index contributed by atoms with van der Waals surface area (Å²) in [7, 11) is 0. The fraction of sp³-hybridized carbons (Fsp3) is 0.722. The second-order valence-corrected chi connectivity index (χ2v) is 7.47. The van der Waals surface area contributed by atoms with Crippen molar-refractivity contribution in [3.63, 3.8) is 0 Å². The van der Waals surface area contributed by atoms with Gasteiger partial charge in [0.1, 0.15) is 6.10 Å². The molecule has 2 rings (SSSR count). The highest BCUT2D eigenvalue weighted by molar-refractivity contribution is 5.25. The summed E-state index contributed by atoms with van der Waals surface area (Å²) >= 11 is 0. The molecule has 1 N–H and O–H groups in total. The molecule has 0 spiro atoms. The van der Waals surface area contributed by atoms with Gasteiger partial charge >= 0.3 is 0 Å². The first kappa shape index (κ1) is 16.3. The molecular formula is C18H30N2O. The minimum Gasteiger partial charge on any atom is -0.474 e. The first-order chi connectivity index (χ1) is 9.96. The van der Waals surface area contributed by atoms with E-state index in [0.717, 1.165) is 31.8 Å². The second-order valence-electron chi connectivity index (χ2n) is 7.47. The van der Waals surface area contributed by atoms with Crippen LogP contribution in [-0.2, 0) is 6.54 Å². The van der Waals surface area contributed by atoms with Gasteiger partial charge in [-0.05, 0) is 49.6 Å². The van der Waals surface area contributed by atoms with Gasteiger partial charge in [0.2, 0.25) is 5.88 Å². The van der Waals surface area contributed by atoms with E-state index in [1.165, 1.54) is 18.4 Å².